The van der Waals surface area contributed by atoms with Crippen LogP contribution in [0.5, 0.6) is 5.75 Å². The van der Waals surface area contributed by atoms with Crippen molar-refractivity contribution in [3.8, 4) is 5.75 Å². The average molecular weight is 537 g/mol. The number of hydrogen-bond acceptors (Lipinski definition) is 6. The summed E-state index contributed by atoms with van der Waals surface area (Å²) < 4.78 is 38.0. The molecule has 0 bridgehead atoms. The zero-order valence-corrected chi connectivity index (χ0v) is 21.2. The largest absolute Gasteiger partial charge is 0.497 e. The van der Waals surface area contributed by atoms with Gasteiger partial charge >= 0.3 is 5.97 Å². The van der Waals surface area contributed by atoms with Crippen molar-refractivity contribution in [1.29, 1.82) is 0 Å². The maximum Gasteiger partial charge on any atom is 0.339 e. The number of amides is 1. The lowest BCUT2D eigenvalue weighted by atomic mass is 10.2. The fourth-order valence-electron chi connectivity index (χ4n) is 3.12. The number of hydrogen-bond donors (Lipinski definition) is 1. The van der Waals surface area contributed by atoms with Gasteiger partial charge in [0.15, 0.2) is 0 Å². The molecule has 0 fully saturated rings. The molecule has 0 radical (unpaired) electrons. The summed E-state index contributed by atoms with van der Waals surface area (Å²) in [6.07, 6.45) is 0. The monoisotopic (exact) mass is 536 g/mol. The van der Waals surface area contributed by atoms with Crippen LogP contribution in [-0.2, 0) is 19.6 Å². The van der Waals surface area contributed by atoms with E-state index in [0.29, 0.717) is 10.8 Å². The van der Waals surface area contributed by atoms with Gasteiger partial charge in [-0.2, -0.15) is 0 Å². The molecule has 0 aliphatic heterocycles. The highest BCUT2D eigenvalue weighted by Gasteiger charge is 2.28. The molecule has 1 N–H and O–H groups in total. The molecule has 1 amide bonds. The summed E-state index contributed by atoms with van der Waals surface area (Å²) in [7, 11) is -2.69. The van der Waals surface area contributed by atoms with Crippen molar-refractivity contribution >= 4 is 56.5 Å². The van der Waals surface area contributed by atoms with Crippen LogP contribution in [0.25, 0.3) is 0 Å². The molecule has 3 aromatic carbocycles. The first-order chi connectivity index (χ1) is 16.6. The Morgan fingerprint density at radius 2 is 1.71 bits per heavy atom. The Hall–Kier alpha value is -3.27. The molecule has 0 aromatic heterocycles. The van der Waals surface area contributed by atoms with E-state index in [1.807, 2.05) is 0 Å². The van der Waals surface area contributed by atoms with Crippen LogP contribution in [0.3, 0.4) is 0 Å². The number of nitrogens with one attached hydrogen (secondary N) is 1. The third-order valence-corrected chi connectivity index (χ3v) is 7.13. The second-order valence-corrected chi connectivity index (χ2v) is 9.84. The number of halogens is 2. The number of rotatable bonds is 9. The number of carbonyl (C=O) groups is 2. The summed E-state index contributed by atoms with van der Waals surface area (Å²) >= 11 is 12.2. The fourth-order valence-corrected chi connectivity index (χ4v) is 4.91. The molecular weight excluding hydrogens is 515 g/mol. The van der Waals surface area contributed by atoms with Gasteiger partial charge in [0, 0.05) is 10.7 Å². The SMILES string of the molecule is CCOC(=O)c1cc(NC(=O)CN(c2cccc(Cl)c2)S(=O)(=O)c2ccc(OC)cc2)ccc1Cl. The zero-order valence-electron chi connectivity index (χ0n) is 18.8. The molecule has 8 nitrogen and oxygen atoms in total. The molecule has 184 valence electrons. The van der Waals surface area contributed by atoms with Crippen molar-refractivity contribution in [3.05, 3.63) is 82.3 Å². The lowest BCUT2D eigenvalue weighted by molar-refractivity contribution is -0.114. The highest BCUT2D eigenvalue weighted by Crippen LogP contribution is 2.28. The van der Waals surface area contributed by atoms with E-state index in [2.05, 4.69) is 5.32 Å². The molecule has 3 aromatic rings. The standard InChI is InChI=1S/C24H22Cl2N2O6S/c1-3-34-24(30)21-14-17(7-12-22(21)26)27-23(29)15-28(18-6-4-5-16(25)13-18)35(31,32)20-10-8-19(33-2)9-11-20/h4-14H,3,15H2,1-2H3,(H,27,29). The first kappa shape index (κ1) is 26.3. The minimum Gasteiger partial charge on any atom is -0.497 e. The van der Waals surface area contributed by atoms with Gasteiger partial charge in [-0.1, -0.05) is 29.3 Å². The quantitative estimate of drug-likeness (QED) is 0.385. The molecule has 3 rings (SSSR count). The van der Waals surface area contributed by atoms with Gasteiger partial charge in [0.25, 0.3) is 10.0 Å². The second-order valence-electron chi connectivity index (χ2n) is 7.13. The van der Waals surface area contributed by atoms with E-state index < -0.39 is 28.4 Å². The van der Waals surface area contributed by atoms with Crippen LogP contribution < -0.4 is 14.4 Å². The van der Waals surface area contributed by atoms with Gasteiger partial charge in [0.05, 0.1) is 34.9 Å². The molecule has 0 saturated carbocycles. The summed E-state index contributed by atoms with van der Waals surface area (Å²) in [5, 5.41) is 3.06. The van der Waals surface area contributed by atoms with E-state index in [9.17, 15) is 18.0 Å². The van der Waals surface area contributed by atoms with Gasteiger partial charge in [0.2, 0.25) is 5.91 Å². The van der Waals surface area contributed by atoms with Gasteiger partial charge in [0.1, 0.15) is 12.3 Å². The number of methoxy groups -OCH3 is 1. The second kappa shape index (κ2) is 11.4. The van der Waals surface area contributed by atoms with Crippen molar-refractivity contribution in [2.24, 2.45) is 0 Å². The Bertz CT molecular complexity index is 1330. The van der Waals surface area contributed by atoms with Crippen molar-refractivity contribution in [2.75, 3.05) is 29.9 Å². The average Bonchev–Trinajstić information content (AvgIpc) is 2.83. The number of esters is 1. The zero-order chi connectivity index (χ0) is 25.6. The van der Waals surface area contributed by atoms with Gasteiger partial charge in [-0.15, -0.1) is 0 Å². The molecule has 11 heteroatoms. The van der Waals surface area contributed by atoms with E-state index in [4.69, 9.17) is 32.7 Å². The molecule has 35 heavy (non-hydrogen) atoms. The number of anilines is 2. The predicted octanol–water partition coefficient (Wildman–Crippen LogP) is 5.01. The Morgan fingerprint density at radius 3 is 2.34 bits per heavy atom. The Labute approximate surface area is 213 Å². The molecule has 0 aliphatic rings. The van der Waals surface area contributed by atoms with Crippen molar-refractivity contribution in [3.63, 3.8) is 0 Å². The van der Waals surface area contributed by atoms with Crippen molar-refractivity contribution in [2.45, 2.75) is 11.8 Å². The van der Waals surface area contributed by atoms with E-state index in [0.717, 1.165) is 4.31 Å². The fraction of sp³-hybridized carbons (Fsp3) is 0.167. The lowest BCUT2D eigenvalue weighted by Crippen LogP contribution is -2.38. The Balaban J connectivity index is 1.92. The van der Waals surface area contributed by atoms with Crippen LogP contribution in [0.4, 0.5) is 11.4 Å². The van der Waals surface area contributed by atoms with Gasteiger partial charge < -0.3 is 14.8 Å². The number of benzene rings is 3. The van der Waals surface area contributed by atoms with E-state index in [1.54, 1.807) is 19.1 Å². The summed E-state index contributed by atoms with van der Waals surface area (Å²) in [4.78, 5) is 25.0. The maximum absolute atomic E-state index is 13.5. The van der Waals surface area contributed by atoms with Crippen LogP contribution in [0.1, 0.15) is 17.3 Å². The molecule has 0 aliphatic carbocycles. The highest BCUT2D eigenvalue weighted by atomic mass is 35.5. The first-order valence-electron chi connectivity index (χ1n) is 10.3. The number of sulfonamides is 1. The lowest BCUT2D eigenvalue weighted by Gasteiger charge is -2.24. The third kappa shape index (κ3) is 6.45. The Kier molecular flexibility index (Phi) is 8.61. The minimum absolute atomic E-state index is 0.0397. The maximum atomic E-state index is 13.5. The summed E-state index contributed by atoms with van der Waals surface area (Å²) in [6.45, 7) is 1.25. The normalized spacial score (nSPS) is 11.0. The van der Waals surface area contributed by atoms with Gasteiger partial charge in [-0.3, -0.25) is 9.10 Å². The molecule has 0 spiro atoms. The van der Waals surface area contributed by atoms with E-state index in [-0.39, 0.29) is 33.5 Å². The minimum atomic E-state index is -4.16. The highest BCUT2D eigenvalue weighted by molar-refractivity contribution is 7.92. The van der Waals surface area contributed by atoms with E-state index >= 15 is 0 Å². The third-order valence-electron chi connectivity index (χ3n) is 4.78. The van der Waals surface area contributed by atoms with E-state index in [1.165, 1.54) is 61.7 Å². The molecule has 0 unspecified atom stereocenters. The number of ether oxygens (including phenoxy) is 2. The van der Waals surface area contributed by atoms with Crippen LogP contribution in [0, 0.1) is 0 Å². The molecule has 0 heterocycles. The molecular formula is C24H22Cl2N2O6S. The molecule has 0 saturated heterocycles. The molecule has 0 atom stereocenters. The van der Waals surface area contributed by atoms with Crippen molar-refractivity contribution in [1.82, 2.24) is 0 Å². The topological polar surface area (TPSA) is 102 Å². The van der Waals surface area contributed by atoms with Gasteiger partial charge in [-0.05, 0) is 67.6 Å². The number of nitrogens with zero attached hydrogens (tertiary/aromatic N) is 1. The summed E-state index contributed by atoms with van der Waals surface area (Å²) in [6, 6.07) is 16.2. The van der Waals surface area contributed by atoms with Crippen LogP contribution in [-0.4, -0.2) is 40.6 Å². The van der Waals surface area contributed by atoms with Gasteiger partial charge in [-0.25, -0.2) is 13.2 Å². The van der Waals surface area contributed by atoms with Crippen LogP contribution in [0.15, 0.2) is 71.6 Å². The smallest absolute Gasteiger partial charge is 0.339 e. The van der Waals surface area contributed by atoms with Crippen LogP contribution >= 0.6 is 23.2 Å². The van der Waals surface area contributed by atoms with Crippen molar-refractivity contribution < 1.29 is 27.5 Å². The number of carbonyl (C=O) groups excluding carboxylic acids is 2. The first-order valence-corrected chi connectivity index (χ1v) is 12.5. The predicted molar refractivity (Wildman–Crippen MR) is 135 cm³/mol. The summed E-state index contributed by atoms with van der Waals surface area (Å²) in [5.41, 5.74) is 0.519. The summed E-state index contributed by atoms with van der Waals surface area (Å²) in [5.74, 6) is -0.813. The Morgan fingerprint density at radius 1 is 1.00 bits per heavy atom. The van der Waals surface area contributed by atoms with Crippen LogP contribution in [0.2, 0.25) is 10.0 Å².